The Balaban J connectivity index is 0.000000461. The van der Waals surface area contributed by atoms with Crippen LogP contribution < -0.4 is 0 Å². The number of aromatic nitrogens is 2. The molecular weight excluding hydrogens is 172 g/mol. The van der Waals surface area contributed by atoms with Crippen LogP contribution in [0.2, 0.25) is 0 Å². The van der Waals surface area contributed by atoms with E-state index in [2.05, 4.69) is 47.8 Å². The number of nitrogens with zero attached hydrogens (tertiary/aromatic N) is 2. The topological polar surface area (TPSA) is 17.3 Å². The van der Waals surface area contributed by atoms with Crippen molar-refractivity contribution >= 4 is 5.65 Å². The molecule has 0 aliphatic carbocycles. The fourth-order valence-corrected chi connectivity index (χ4v) is 1.31. The van der Waals surface area contributed by atoms with E-state index in [0.29, 0.717) is 0 Å². The van der Waals surface area contributed by atoms with Crippen molar-refractivity contribution in [2.75, 3.05) is 0 Å². The number of rotatable bonds is 1. The number of hydrogen-bond donors (Lipinski definition) is 0. The zero-order chi connectivity index (χ0) is 10.6. The molecule has 0 fully saturated rings. The highest BCUT2D eigenvalue weighted by Gasteiger charge is 1.97. The molecule has 0 saturated carbocycles. The lowest BCUT2D eigenvalue weighted by molar-refractivity contribution is 1.07. The summed E-state index contributed by atoms with van der Waals surface area (Å²) in [6.45, 7) is 8.20. The largest absolute Gasteiger partial charge is 0.307 e. The highest BCUT2D eigenvalue weighted by atomic mass is 15.0. The fraction of sp³-hybridized carbons (Fsp3) is 0.417. The molecule has 2 nitrogen and oxygen atoms in total. The van der Waals surface area contributed by atoms with Gasteiger partial charge in [0.25, 0.3) is 0 Å². The Morgan fingerprint density at radius 2 is 2.07 bits per heavy atom. The quantitative estimate of drug-likeness (QED) is 0.675. The molecule has 2 aromatic heterocycles. The van der Waals surface area contributed by atoms with Gasteiger partial charge in [0.2, 0.25) is 0 Å². The van der Waals surface area contributed by atoms with Crippen LogP contribution in [0, 0.1) is 6.92 Å². The molecule has 2 heterocycles. The Morgan fingerprint density at radius 3 is 2.71 bits per heavy atom. The first-order chi connectivity index (χ1) is 6.79. The van der Waals surface area contributed by atoms with Crippen molar-refractivity contribution in [3.05, 3.63) is 35.8 Å². The van der Waals surface area contributed by atoms with E-state index < -0.39 is 0 Å². The summed E-state index contributed by atoms with van der Waals surface area (Å²) < 4.78 is 2.06. The van der Waals surface area contributed by atoms with E-state index >= 15 is 0 Å². The van der Waals surface area contributed by atoms with Gasteiger partial charge in [0, 0.05) is 12.4 Å². The maximum Gasteiger partial charge on any atom is 0.137 e. The van der Waals surface area contributed by atoms with Gasteiger partial charge in [-0.25, -0.2) is 4.98 Å². The van der Waals surface area contributed by atoms with Crippen LogP contribution in [0.4, 0.5) is 0 Å². The smallest absolute Gasteiger partial charge is 0.137 e. The molecule has 0 aliphatic heterocycles. The molecule has 14 heavy (non-hydrogen) atoms. The summed E-state index contributed by atoms with van der Waals surface area (Å²) in [7, 11) is 0. The van der Waals surface area contributed by atoms with Gasteiger partial charge in [0.05, 0.1) is 5.69 Å². The highest BCUT2D eigenvalue weighted by molar-refractivity contribution is 5.42. The lowest BCUT2D eigenvalue weighted by Gasteiger charge is -1.92. The van der Waals surface area contributed by atoms with Gasteiger partial charge in [-0.2, -0.15) is 0 Å². The predicted octanol–water partition coefficient (Wildman–Crippen LogP) is 3.23. The van der Waals surface area contributed by atoms with Crippen LogP contribution >= 0.6 is 0 Å². The van der Waals surface area contributed by atoms with Gasteiger partial charge in [-0.3, -0.25) is 0 Å². The second-order valence-electron chi connectivity index (χ2n) is 3.06. The van der Waals surface area contributed by atoms with Crippen molar-refractivity contribution in [2.24, 2.45) is 0 Å². The van der Waals surface area contributed by atoms with E-state index in [1.165, 1.54) is 5.56 Å². The molecule has 0 amide bonds. The van der Waals surface area contributed by atoms with Crippen LogP contribution in [0.15, 0.2) is 24.5 Å². The van der Waals surface area contributed by atoms with E-state index in [1.807, 2.05) is 13.8 Å². The minimum atomic E-state index is 1.00. The number of pyridine rings is 1. The summed E-state index contributed by atoms with van der Waals surface area (Å²) in [5.41, 5.74) is 3.46. The standard InChI is InChI=1S/C10H12N2.C2H6/c1-3-9-7-12-5-4-8(2)6-10(12)11-9;1-2/h4-7H,3H2,1-2H3;1-2H3. The van der Waals surface area contributed by atoms with Gasteiger partial charge in [-0.05, 0) is 31.0 Å². The maximum absolute atomic E-state index is 4.46. The third kappa shape index (κ3) is 2.13. The average Bonchev–Trinajstić information content (AvgIpc) is 2.62. The van der Waals surface area contributed by atoms with E-state index in [1.54, 1.807) is 0 Å². The fourth-order valence-electron chi connectivity index (χ4n) is 1.31. The van der Waals surface area contributed by atoms with Gasteiger partial charge < -0.3 is 4.40 Å². The SMILES string of the molecule is CC.CCc1cn2ccc(C)cc2n1. The van der Waals surface area contributed by atoms with Crippen molar-refractivity contribution < 1.29 is 0 Å². The monoisotopic (exact) mass is 190 g/mol. The third-order valence-corrected chi connectivity index (χ3v) is 2.03. The average molecular weight is 190 g/mol. The molecule has 0 unspecified atom stereocenters. The van der Waals surface area contributed by atoms with Crippen LogP contribution in [0.25, 0.3) is 5.65 Å². The molecule has 0 aromatic carbocycles. The molecule has 2 heteroatoms. The minimum Gasteiger partial charge on any atom is -0.307 e. The van der Waals surface area contributed by atoms with Gasteiger partial charge in [0.1, 0.15) is 5.65 Å². The van der Waals surface area contributed by atoms with Crippen LogP contribution in [-0.2, 0) is 6.42 Å². The predicted molar refractivity (Wildman–Crippen MR) is 60.7 cm³/mol. The molecule has 0 saturated heterocycles. The molecule has 0 bridgehead atoms. The minimum absolute atomic E-state index is 1.00. The van der Waals surface area contributed by atoms with E-state index in [0.717, 1.165) is 17.8 Å². The van der Waals surface area contributed by atoms with E-state index in [-0.39, 0.29) is 0 Å². The molecule has 0 N–H and O–H groups in total. The lowest BCUT2D eigenvalue weighted by atomic mass is 10.3. The van der Waals surface area contributed by atoms with Gasteiger partial charge >= 0.3 is 0 Å². The summed E-state index contributed by atoms with van der Waals surface area (Å²) in [4.78, 5) is 4.46. The Morgan fingerprint density at radius 1 is 1.36 bits per heavy atom. The zero-order valence-electron chi connectivity index (χ0n) is 9.41. The molecular formula is C12H18N2. The molecule has 76 valence electrons. The zero-order valence-corrected chi connectivity index (χ0v) is 9.41. The van der Waals surface area contributed by atoms with Crippen molar-refractivity contribution in [1.29, 1.82) is 0 Å². The van der Waals surface area contributed by atoms with E-state index in [4.69, 9.17) is 0 Å². The number of aryl methyl sites for hydroxylation is 2. The first-order valence-corrected chi connectivity index (χ1v) is 5.24. The second kappa shape index (κ2) is 4.80. The molecule has 2 aromatic rings. The highest BCUT2D eigenvalue weighted by Crippen LogP contribution is 2.07. The van der Waals surface area contributed by atoms with Crippen LogP contribution in [-0.4, -0.2) is 9.38 Å². The van der Waals surface area contributed by atoms with Gasteiger partial charge in [-0.1, -0.05) is 20.8 Å². The van der Waals surface area contributed by atoms with Crippen molar-refractivity contribution in [3.8, 4) is 0 Å². The van der Waals surface area contributed by atoms with Crippen LogP contribution in [0.3, 0.4) is 0 Å². The normalized spacial score (nSPS) is 9.71. The van der Waals surface area contributed by atoms with Crippen molar-refractivity contribution in [3.63, 3.8) is 0 Å². The van der Waals surface area contributed by atoms with Gasteiger partial charge in [0.15, 0.2) is 0 Å². The number of fused-ring (bicyclic) bond motifs is 1. The summed E-state index contributed by atoms with van der Waals surface area (Å²) >= 11 is 0. The third-order valence-electron chi connectivity index (χ3n) is 2.03. The Kier molecular flexibility index (Phi) is 3.69. The molecule has 0 atom stereocenters. The molecule has 0 radical (unpaired) electrons. The number of hydrogen-bond acceptors (Lipinski definition) is 1. The Labute approximate surface area is 85.6 Å². The first kappa shape index (κ1) is 10.8. The summed E-state index contributed by atoms with van der Waals surface area (Å²) in [6, 6.07) is 4.19. The Hall–Kier alpha value is -1.31. The van der Waals surface area contributed by atoms with Crippen LogP contribution in [0.1, 0.15) is 32.0 Å². The van der Waals surface area contributed by atoms with Crippen molar-refractivity contribution in [2.45, 2.75) is 34.1 Å². The summed E-state index contributed by atoms with van der Waals surface area (Å²) in [5, 5.41) is 0. The summed E-state index contributed by atoms with van der Waals surface area (Å²) in [5.74, 6) is 0. The van der Waals surface area contributed by atoms with Gasteiger partial charge in [-0.15, -0.1) is 0 Å². The second-order valence-corrected chi connectivity index (χ2v) is 3.06. The van der Waals surface area contributed by atoms with E-state index in [9.17, 15) is 0 Å². The number of imidazole rings is 1. The summed E-state index contributed by atoms with van der Waals surface area (Å²) in [6.07, 6.45) is 5.13. The van der Waals surface area contributed by atoms with Crippen LogP contribution in [0.5, 0.6) is 0 Å². The van der Waals surface area contributed by atoms with Crippen molar-refractivity contribution in [1.82, 2.24) is 9.38 Å². The Bertz CT molecular complexity index is 402. The molecule has 0 spiro atoms. The maximum atomic E-state index is 4.46. The lowest BCUT2D eigenvalue weighted by Crippen LogP contribution is -1.81. The molecule has 0 aliphatic rings. The first-order valence-electron chi connectivity index (χ1n) is 5.24. The molecule has 2 rings (SSSR count).